The van der Waals surface area contributed by atoms with E-state index in [1.54, 1.807) is 20.8 Å². The molecule has 0 aliphatic carbocycles. The van der Waals surface area contributed by atoms with Crippen LogP contribution in [0.1, 0.15) is 39.0 Å². The topological polar surface area (TPSA) is 80.3 Å². The van der Waals surface area contributed by atoms with Gasteiger partial charge >= 0.3 is 11.9 Å². The van der Waals surface area contributed by atoms with Gasteiger partial charge in [0.2, 0.25) is 11.9 Å². The van der Waals surface area contributed by atoms with Gasteiger partial charge in [-0.15, -0.1) is 0 Å². The highest BCUT2D eigenvalue weighted by atomic mass is 19.2. The van der Waals surface area contributed by atoms with Gasteiger partial charge in [0.05, 0.1) is 11.0 Å². The van der Waals surface area contributed by atoms with E-state index in [0.717, 1.165) is 0 Å². The van der Waals surface area contributed by atoms with Crippen LogP contribution in [0.25, 0.3) is 0 Å². The van der Waals surface area contributed by atoms with Crippen molar-refractivity contribution in [2.24, 2.45) is 5.41 Å². The molecule has 31 heavy (non-hydrogen) atoms. The van der Waals surface area contributed by atoms with E-state index < -0.39 is 89.0 Å². The van der Waals surface area contributed by atoms with E-state index in [0.29, 0.717) is 6.42 Å². The number of fused-ring (bicyclic) bond motifs is 3. The maximum absolute atomic E-state index is 14.0. The molecule has 3 fully saturated rings. The van der Waals surface area contributed by atoms with Crippen LogP contribution >= 0.6 is 0 Å². The highest BCUT2D eigenvalue weighted by Crippen LogP contribution is 2.45. The van der Waals surface area contributed by atoms with Crippen molar-refractivity contribution in [2.75, 3.05) is 0 Å². The molecule has 0 aromatic heterocycles. The fourth-order valence-electron chi connectivity index (χ4n) is 3.41. The summed E-state index contributed by atoms with van der Waals surface area (Å²) in [7, 11) is 0. The van der Waals surface area contributed by atoms with Crippen LogP contribution in [-0.4, -0.2) is 42.6 Å². The molecule has 6 atom stereocenters. The minimum atomic E-state index is -2.32. The Bertz CT molecular complexity index is 923. The van der Waals surface area contributed by atoms with Gasteiger partial charge in [0.15, 0.2) is 48.1 Å². The van der Waals surface area contributed by atoms with Gasteiger partial charge in [0, 0.05) is 0 Å². The summed E-state index contributed by atoms with van der Waals surface area (Å²) in [5.41, 5.74) is -2.21. The first-order valence-corrected chi connectivity index (χ1v) is 9.37. The standard InChI is InChI=1S/C19H17F5O7/c1-4-19(2,3)18(26)30-13-11-12(27-15(13)25)14-17(28-11)31-16(29-14)5-6(20)8(22)10(24)9(23)7(5)21/h11-14,16-17H,4H2,1-3H3/t11?,12?,13?,14-,16?,17-/m1/s1. The Labute approximate surface area is 172 Å². The number of rotatable bonds is 4. The van der Waals surface area contributed by atoms with Crippen LogP contribution in [-0.2, 0) is 33.3 Å². The van der Waals surface area contributed by atoms with E-state index in [9.17, 15) is 31.5 Å². The van der Waals surface area contributed by atoms with Gasteiger partial charge in [-0.25, -0.2) is 26.7 Å². The van der Waals surface area contributed by atoms with Gasteiger partial charge in [0.1, 0.15) is 6.10 Å². The Morgan fingerprint density at radius 1 is 0.903 bits per heavy atom. The van der Waals surface area contributed by atoms with E-state index in [-0.39, 0.29) is 0 Å². The third-order valence-corrected chi connectivity index (χ3v) is 5.68. The lowest BCUT2D eigenvalue weighted by Crippen LogP contribution is -2.39. The average molecular weight is 452 g/mol. The molecule has 0 spiro atoms. The summed E-state index contributed by atoms with van der Waals surface area (Å²) in [5, 5.41) is 0. The molecule has 4 rings (SSSR count). The molecular weight excluding hydrogens is 435 g/mol. The molecule has 0 bridgehead atoms. The van der Waals surface area contributed by atoms with Crippen molar-refractivity contribution in [3.8, 4) is 0 Å². The monoisotopic (exact) mass is 452 g/mol. The lowest BCUT2D eigenvalue weighted by Gasteiger charge is -2.24. The molecule has 0 saturated carbocycles. The third-order valence-electron chi connectivity index (χ3n) is 5.68. The van der Waals surface area contributed by atoms with E-state index in [1.807, 2.05) is 0 Å². The predicted molar refractivity (Wildman–Crippen MR) is 87.4 cm³/mol. The molecule has 1 aromatic carbocycles. The Morgan fingerprint density at radius 2 is 1.48 bits per heavy atom. The first-order chi connectivity index (χ1) is 14.5. The number of ether oxygens (including phenoxy) is 5. The molecule has 0 amide bonds. The number of benzene rings is 1. The van der Waals surface area contributed by atoms with Crippen LogP contribution in [0.2, 0.25) is 0 Å². The van der Waals surface area contributed by atoms with Crippen molar-refractivity contribution in [1.29, 1.82) is 0 Å². The lowest BCUT2D eigenvalue weighted by molar-refractivity contribution is -0.189. The Hall–Kier alpha value is -2.31. The number of hydrogen-bond acceptors (Lipinski definition) is 7. The highest BCUT2D eigenvalue weighted by molar-refractivity contribution is 5.84. The lowest BCUT2D eigenvalue weighted by atomic mass is 9.90. The molecule has 3 heterocycles. The second-order valence-electron chi connectivity index (χ2n) is 7.99. The molecule has 0 radical (unpaired) electrons. The van der Waals surface area contributed by atoms with Crippen molar-refractivity contribution in [2.45, 2.75) is 64.2 Å². The van der Waals surface area contributed by atoms with Crippen molar-refractivity contribution in [3.63, 3.8) is 0 Å². The number of halogens is 5. The molecule has 170 valence electrons. The van der Waals surface area contributed by atoms with Crippen molar-refractivity contribution in [3.05, 3.63) is 34.6 Å². The Balaban J connectivity index is 1.53. The second-order valence-corrected chi connectivity index (χ2v) is 7.99. The van der Waals surface area contributed by atoms with Crippen LogP contribution < -0.4 is 0 Å². The fourth-order valence-corrected chi connectivity index (χ4v) is 3.41. The molecule has 0 N–H and O–H groups in total. The highest BCUT2D eigenvalue weighted by Gasteiger charge is 2.64. The van der Waals surface area contributed by atoms with Gasteiger partial charge < -0.3 is 23.7 Å². The normalized spacial score (nSPS) is 32.1. The van der Waals surface area contributed by atoms with Crippen molar-refractivity contribution in [1.82, 2.24) is 0 Å². The van der Waals surface area contributed by atoms with Crippen molar-refractivity contribution >= 4 is 11.9 Å². The first-order valence-electron chi connectivity index (χ1n) is 9.37. The summed E-state index contributed by atoms with van der Waals surface area (Å²) in [6.07, 6.45) is -7.89. The smallest absolute Gasteiger partial charge is 0.350 e. The van der Waals surface area contributed by atoms with E-state index in [1.165, 1.54) is 0 Å². The summed E-state index contributed by atoms with van der Waals surface area (Å²) in [5.74, 6) is -12.5. The van der Waals surface area contributed by atoms with E-state index >= 15 is 0 Å². The minimum Gasteiger partial charge on any atom is -0.454 e. The summed E-state index contributed by atoms with van der Waals surface area (Å²) in [6.45, 7) is 5.01. The fraction of sp³-hybridized carbons (Fsp3) is 0.579. The zero-order chi connectivity index (χ0) is 22.8. The van der Waals surface area contributed by atoms with Crippen LogP contribution in [0, 0.1) is 34.5 Å². The maximum atomic E-state index is 14.0. The van der Waals surface area contributed by atoms with Gasteiger partial charge in [-0.2, -0.15) is 0 Å². The van der Waals surface area contributed by atoms with E-state index in [4.69, 9.17) is 23.7 Å². The summed E-state index contributed by atoms with van der Waals surface area (Å²) in [4.78, 5) is 24.5. The van der Waals surface area contributed by atoms with Gasteiger partial charge in [-0.3, -0.25) is 4.79 Å². The molecule has 12 heteroatoms. The van der Waals surface area contributed by atoms with Gasteiger partial charge in [-0.05, 0) is 20.3 Å². The van der Waals surface area contributed by atoms with Crippen LogP contribution in [0.3, 0.4) is 0 Å². The number of carbonyl (C=O) groups excluding carboxylic acids is 2. The Morgan fingerprint density at radius 3 is 2.06 bits per heavy atom. The third kappa shape index (κ3) is 3.28. The van der Waals surface area contributed by atoms with Gasteiger partial charge in [-0.1, -0.05) is 6.92 Å². The molecule has 7 nitrogen and oxygen atoms in total. The molecular formula is C19H17F5O7. The minimum absolute atomic E-state index is 0.434. The number of hydrogen-bond donors (Lipinski definition) is 0. The number of carbonyl (C=O) groups is 2. The molecule has 3 saturated heterocycles. The SMILES string of the molecule is CCC(C)(C)C(=O)OC1C(=O)OC2C1O[C@@H]1OC(c3c(F)c(F)c(F)c(F)c3F)O[C@H]21. The summed E-state index contributed by atoms with van der Waals surface area (Å²) >= 11 is 0. The molecule has 3 aliphatic heterocycles. The largest absolute Gasteiger partial charge is 0.454 e. The van der Waals surface area contributed by atoms with Crippen LogP contribution in [0.15, 0.2) is 0 Å². The molecule has 1 aromatic rings. The van der Waals surface area contributed by atoms with Crippen molar-refractivity contribution < 1.29 is 55.2 Å². The summed E-state index contributed by atoms with van der Waals surface area (Å²) in [6, 6.07) is 0. The van der Waals surface area contributed by atoms with E-state index in [2.05, 4.69) is 0 Å². The second kappa shape index (κ2) is 7.38. The zero-order valence-electron chi connectivity index (χ0n) is 16.4. The summed E-state index contributed by atoms with van der Waals surface area (Å²) < 4.78 is 94.7. The predicted octanol–water partition coefficient (Wildman–Crippen LogP) is 2.79. The van der Waals surface area contributed by atoms with Crippen LogP contribution in [0.4, 0.5) is 22.0 Å². The Kier molecular flexibility index (Phi) is 5.22. The molecule has 3 aliphatic rings. The number of esters is 2. The van der Waals surface area contributed by atoms with Gasteiger partial charge in [0.25, 0.3) is 0 Å². The molecule has 4 unspecified atom stereocenters. The quantitative estimate of drug-likeness (QED) is 0.301. The van der Waals surface area contributed by atoms with Crippen LogP contribution in [0.5, 0.6) is 0 Å². The first kappa shape index (κ1) is 21.9. The zero-order valence-corrected chi connectivity index (χ0v) is 16.4. The maximum Gasteiger partial charge on any atom is 0.350 e. The average Bonchev–Trinajstić information content (AvgIpc) is 3.36.